The Morgan fingerprint density at radius 3 is 2.53 bits per heavy atom. The summed E-state index contributed by atoms with van der Waals surface area (Å²) >= 11 is 0. The van der Waals surface area contributed by atoms with Gasteiger partial charge >= 0.3 is 11.9 Å². The lowest BCUT2D eigenvalue weighted by Crippen LogP contribution is -2.14. The maximum Gasteiger partial charge on any atom is 0.340 e. The number of aromatic amines is 1. The summed E-state index contributed by atoms with van der Waals surface area (Å²) in [5, 5.41) is 3.96. The van der Waals surface area contributed by atoms with Crippen LogP contribution in [-0.2, 0) is 14.3 Å². The van der Waals surface area contributed by atoms with Crippen LogP contribution in [0, 0.1) is 0 Å². The van der Waals surface area contributed by atoms with Gasteiger partial charge in [-0.3, -0.25) is 0 Å². The van der Waals surface area contributed by atoms with Crippen molar-refractivity contribution in [2.45, 2.75) is 13.8 Å². The minimum atomic E-state index is -2.80. The number of rotatable bonds is 9. The zero-order valence-corrected chi connectivity index (χ0v) is 18.0. The first-order valence-electron chi connectivity index (χ1n) is 11.5. The van der Waals surface area contributed by atoms with Gasteiger partial charge in [-0.1, -0.05) is 6.07 Å². The minimum Gasteiger partial charge on any atom is -0.493 e. The first-order chi connectivity index (χ1) is 16.7. The van der Waals surface area contributed by atoms with Crippen molar-refractivity contribution in [3.05, 3.63) is 59.9 Å². The average molecular weight is 441 g/mol. The molecule has 0 saturated carbocycles. The molecule has 0 fully saturated rings. The van der Waals surface area contributed by atoms with Crippen molar-refractivity contribution >= 4 is 34.1 Å². The van der Waals surface area contributed by atoms with Gasteiger partial charge in [0.05, 0.1) is 42.6 Å². The number of nitrogens with one attached hydrogen (secondary N) is 2. The lowest BCUT2D eigenvalue weighted by molar-refractivity contribution is -0.136. The highest BCUT2D eigenvalue weighted by atomic mass is 16.5. The molecule has 3 rings (SSSR count). The summed E-state index contributed by atoms with van der Waals surface area (Å²) in [6.45, 7) is 3.45. The van der Waals surface area contributed by atoms with Gasteiger partial charge in [0.15, 0.2) is 11.5 Å². The van der Waals surface area contributed by atoms with E-state index in [-0.39, 0.29) is 41.4 Å². The molecule has 2 aromatic carbocycles. The maximum atomic E-state index is 13.0. The number of carbonyl (C=O) groups excluding carboxylic acids is 2. The molecule has 168 valence electrons. The molecule has 3 aromatic rings. The normalized spacial score (nSPS) is 13.0. The number of benzene rings is 2. The molecule has 0 atom stereocenters. The van der Waals surface area contributed by atoms with E-state index in [2.05, 4.69) is 10.3 Å². The summed E-state index contributed by atoms with van der Waals surface area (Å²) in [5.41, 5.74) is 1.56. The zero-order valence-electron chi connectivity index (χ0n) is 21.0. The number of fused-ring (bicyclic) bond motifs is 1. The number of anilines is 1. The fourth-order valence-corrected chi connectivity index (χ4v) is 3.22. The van der Waals surface area contributed by atoms with Gasteiger partial charge in [-0.2, -0.15) is 0 Å². The molecule has 0 bridgehead atoms. The number of H-pyrrole nitrogens is 1. The Bertz CT molecular complexity index is 1250. The second kappa shape index (κ2) is 10.4. The van der Waals surface area contributed by atoms with E-state index in [1.165, 1.54) is 25.4 Å². The molecule has 1 heterocycles. The van der Waals surface area contributed by atoms with Gasteiger partial charge in [0.2, 0.25) is 0 Å². The second-order valence-corrected chi connectivity index (χ2v) is 6.54. The van der Waals surface area contributed by atoms with Crippen molar-refractivity contribution in [1.29, 1.82) is 0 Å². The standard InChI is InChI=1S/C24H26N2O6/c1-5-31-23(27)17-13-22(30-4)21(29-3)12-16(17)18(24(28)32-6-2)14-26-20-9-7-8-19-15(20)10-11-25-19/h7-14,25-26H,5-6H2,1-4H3/i3D3. The van der Waals surface area contributed by atoms with E-state index < -0.39 is 19.0 Å². The van der Waals surface area contributed by atoms with Crippen LogP contribution in [0.5, 0.6) is 11.5 Å². The molecule has 0 aliphatic heterocycles. The third-order valence-electron chi connectivity index (χ3n) is 4.66. The van der Waals surface area contributed by atoms with E-state index in [4.69, 9.17) is 23.1 Å². The Kier molecular flexibility index (Phi) is 6.10. The molecular formula is C24H26N2O6. The number of methoxy groups -OCH3 is 2. The molecule has 32 heavy (non-hydrogen) atoms. The van der Waals surface area contributed by atoms with E-state index in [9.17, 15) is 9.59 Å². The number of hydrogen-bond donors (Lipinski definition) is 2. The van der Waals surface area contributed by atoms with Crippen molar-refractivity contribution in [2.75, 3.05) is 32.7 Å². The van der Waals surface area contributed by atoms with Gasteiger partial charge < -0.3 is 29.2 Å². The Morgan fingerprint density at radius 1 is 1.06 bits per heavy atom. The first kappa shape index (κ1) is 18.8. The zero-order chi connectivity index (χ0) is 25.6. The van der Waals surface area contributed by atoms with Crippen LogP contribution >= 0.6 is 0 Å². The van der Waals surface area contributed by atoms with Gasteiger partial charge in [0.1, 0.15) is 0 Å². The highest BCUT2D eigenvalue weighted by Crippen LogP contribution is 2.35. The molecule has 8 nitrogen and oxygen atoms in total. The van der Waals surface area contributed by atoms with Crippen LogP contribution in [0.1, 0.15) is 33.9 Å². The summed E-state index contributed by atoms with van der Waals surface area (Å²) in [6.07, 6.45) is 3.18. The number of aromatic nitrogens is 1. The summed E-state index contributed by atoms with van der Waals surface area (Å²) in [5.74, 6) is -1.67. The summed E-state index contributed by atoms with van der Waals surface area (Å²) in [6, 6.07) is 9.94. The predicted molar refractivity (Wildman–Crippen MR) is 122 cm³/mol. The molecule has 0 unspecified atom stereocenters. The van der Waals surface area contributed by atoms with E-state index >= 15 is 0 Å². The highest BCUT2D eigenvalue weighted by Gasteiger charge is 2.25. The molecule has 0 saturated heterocycles. The van der Waals surface area contributed by atoms with E-state index in [0.717, 1.165) is 10.9 Å². The van der Waals surface area contributed by atoms with Gasteiger partial charge in [-0.25, -0.2) is 9.59 Å². The van der Waals surface area contributed by atoms with Crippen LogP contribution in [0.25, 0.3) is 16.5 Å². The van der Waals surface area contributed by atoms with Crippen molar-refractivity contribution < 1.29 is 32.6 Å². The van der Waals surface area contributed by atoms with E-state index in [1.54, 1.807) is 20.0 Å². The van der Waals surface area contributed by atoms with Crippen LogP contribution in [0.4, 0.5) is 5.69 Å². The SMILES string of the molecule is [2H]C([2H])([2H])Oc1cc(C(=CNc2cccc3[nH]ccc23)C(=O)OCC)c(C(=O)OCC)cc1OC. The predicted octanol–water partition coefficient (Wildman–Crippen LogP) is 4.38. The monoisotopic (exact) mass is 441 g/mol. The first-order valence-corrected chi connectivity index (χ1v) is 9.97. The Labute approximate surface area is 190 Å². The van der Waals surface area contributed by atoms with E-state index in [0.29, 0.717) is 5.69 Å². The van der Waals surface area contributed by atoms with Crippen molar-refractivity contribution in [1.82, 2.24) is 4.98 Å². The lowest BCUT2D eigenvalue weighted by atomic mass is 9.99. The van der Waals surface area contributed by atoms with E-state index in [1.807, 2.05) is 24.3 Å². The highest BCUT2D eigenvalue weighted by molar-refractivity contribution is 6.19. The minimum absolute atomic E-state index is 0.0128. The molecule has 0 amide bonds. The molecule has 2 N–H and O–H groups in total. The second-order valence-electron chi connectivity index (χ2n) is 6.54. The third-order valence-corrected chi connectivity index (χ3v) is 4.66. The molecule has 1 aromatic heterocycles. The molecule has 0 radical (unpaired) electrons. The topological polar surface area (TPSA) is 98.9 Å². The van der Waals surface area contributed by atoms with Crippen LogP contribution in [-0.4, -0.2) is 44.3 Å². The maximum absolute atomic E-state index is 13.0. The fraction of sp³-hybridized carbons (Fsp3) is 0.250. The summed E-state index contributed by atoms with van der Waals surface area (Å²) < 4.78 is 43.1. The number of carbonyl (C=O) groups is 2. The van der Waals surface area contributed by atoms with Crippen LogP contribution in [0.15, 0.2) is 48.8 Å². The van der Waals surface area contributed by atoms with Gasteiger partial charge in [-0.15, -0.1) is 0 Å². The smallest absolute Gasteiger partial charge is 0.340 e. The van der Waals surface area contributed by atoms with Gasteiger partial charge in [0.25, 0.3) is 0 Å². The van der Waals surface area contributed by atoms with Crippen LogP contribution in [0.3, 0.4) is 0 Å². The Balaban J connectivity index is 2.20. The number of hydrogen-bond acceptors (Lipinski definition) is 7. The third kappa shape index (κ3) is 4.69. The van der Waals surface area contributed by atoms with Crippen molar-refractivity contribution in [3.63, 3.8) is 0 Å². The summed E-state index contributed by atoms with van der Waals surface area (Å²) in [4.78, 5) is 28.9. The van der Waals surface area contributed by atoms with Crippen LogP contribution in [0.2, 0.25) is 0 Å². The van der Waals surface area contributed by atoms with Crippen molar-refractivity contribution in [3.8, 4) is 11.5 Å². The molecular weight excluding hydrogens is 412 g/mol. The quantitative estimate of drug-likeness (QED) is 0.376. The molecule has 0 aliphatic rings. The Hall–Kier alpha value is -3.94. The molecule has 0 aliphatic carbocycles. The molecule has 8 heteroatoms. The fourth-order valence-electron chi connectivity index (χ4n) is 3.22. The average Bonchev–Trinajstić information content (AvgIpc) is 3.28. The lowest BCUT2D eigenvalue weighted by Gasteiger charge is -2.16. The largest absolute Gasteiger partial charge is 0.493 e. The number of esters is 2. The number of ether oxygens (including phenoxy) is 4. The van der Waals surface area contributed by atoms with Gasteiger partial charge in [0, 0.05) is 34.6 Å². The van der Waals surface area contributed by atoms with Crippen LogP contribution < -0.4 is 14.8 Å². The summed E-state index contributed by atoms with van der Waals surface area (Å²) in [7, 11) is -1.50. The van der Waals surface area contributed by atoms with Gasteiger partial charge in [-0.05, 0) is 44.2 Å². The Morgan fingerprint density at radius 2 is 1.81 bits per heavy atom. The molecule has 0 spiro atoms. The van der Waals surface area contributed by atoms with Crippen molar-refractivity contribution in [2.24, 2.45) is 0 Å².